The van der Waals surface area contributed by atoms with Gasteiger partial charge in [0, 0.05) is 18.3 Å². The Labute approximate surface area is 152 Å². The fourth-order valence-corrected chi connectivity index (χ4v) is 3.32. The Bertz CT molecular complexity index is 759. The van der Waals surface area contributed by atoms with Gasteiger partial charge in [0.05, 0.1) is 17.8 Å². The SMILES string of the molecule is Cc1cc(C(=O)N(Cc2ccccn2)C2CCCNCC2)c(F)cc1F. The number of aromatic nitrogens is 1. The van der Waals surface area contributed by atoms with Crippen LogP contribution in [-0.4, -0.2) is 34.9 Å². The van der Waals surface area contributed by atoms with E-state index >= 15 is 0 Å². The molecule has 0 radical (unpaired) electrons. The van der Waals surface area contributed by atoms with E-state index in [1.807, 2.05) is 18.2 Å². The molecule has 1 aliphatic heterocycles. The van der Waals surface area contributed by atoms with E-state index in [0.29, 0.717) is 6.54 Å². The topological polar surface area (TPSA) is 45.2 Å². The second-order valence-electron chi connectivity index (χ2n) is 6.67. The summed E-state index contributed by atoms with van der Waals surface area (Å²) >= 11 is 0. The average Bonchev–Trinajstić information content (AvgIpc) is 2.92. The highest BCUT2D eigenvalue weighted by Gasteiger charge is 2.28. The van der Waals surface area contributed by atoms with Gasteiger partial charge in [-0.25, -0.2) is 8.78 Å². The van der Waals surface area contributed by atoms with E-state index in [0.717, 1.165) is 44.1 Å². The van der Waals surface area contributed by atoms with Gasteiger partial charge in [0.15, 0.2) is 0 Å². The fourth-order valence-electron chi connectivity index (χ4n) is 3.32. The van der Waals surface area contributed by atoms with Gasteiger partial charge < -0.3 is 10.2 Å². The van der Waals surface area contributed by atoms with Crippen molar-refractivity contribution < 1.29 is 13.6 Å². The molecule has 1 N–H and O–H groups in total. The number of amides is 1. The van der Waals surface area contributed by atoms with E-state index < -0.39 is 17.5 Å². The smallest absolute Gasteiger partial charge is 0.257 e. The van der Waals surface area contributed by atoms with Crippen molar-refractivity contribution in [2.45, 2.75) is 38.8 Å². The van der Waals surface area contributed by atoms with Gasteiger partial charge in [0.25, 0.3) is 5.91 Å². The maximum Gasteiger partial charge on any atom is 0.257 e. The number of halogens is 2. The second kappa shape index (κ2) is 8.36. The highest BCUT2D eigenvalue weighted by Crippen LogP contribution is 2.22. The molecule has 0 spiro atoms. The lowest BCUT2D eigenvalue weighted by atomic mass is 10.0. The predicted octanol–water partition coefficient (Wildman–Crippen LogP) is 3.45. The molecule has 1 fully saturated rings. The van der Waals surface area contributed by atoms with Gasteiger partial charge in [-0.1, -0.05) is 6.07 Å². The van der Waals surface area contributed by atoms with Crippen molar-refractivity contribution in [3.8, 4) is 0 Å². The van der Waals surface area contributed by atoms with Crippen LogP contribution in [0.1, 0.15) is 40.9 Å². The van der Waals surface area contributed by atoms with Crippen LogP contribution in [0.2, 0.25) is 0 Å². The zero-order valence-corrected chi connectivity index (χ0v) is 14.8. The fraction of sp³-hybridized carbons (Fsp3) is 0.400. The molecular formula is C20H23F2N3O. The third-order valence-corrected chi connectivity index (χ3v) is 4.78. The van der Waals surface area contributed by atoms with Gasteiger partial charge in [-0.15, -0.1) is 0 Å². The van der Waals surface area contributed by atoms with Crippen molar-refractivity contribution in [1.82, 2.24) is 15.2 Å². The first-order chi connectivity index (χ1) is 12.6. The molecule has 2 aromatic rings. The lowest BCUT2D eigenvalue weighted by Crippen LogP contribution is -2.41. The Morgan fingerprint density at radius 3 is 2.85 bits per heavy atom. The normalized spacial score (nSPS) is 17.6. The van der Waals surface area contributed by atoms with Gasteiger partial charge >= 0.3 is 0 Å². The third-order valence-electron chi connectivity index (χ3n) is 4.78. The molecule has 6 heteroatoms. The number of rotatable bonds is 4. The average molecular weight is 359 g/mol. The van der Waals surface area contributed by atoms with Crippen LogP contribution in [0, 0.1) is 18.6 Å². The van der Waals surface area contributed by atoms with Crippen molar-refractivity contribution in [3.63, 3.8) is 0 Å². The summed E-state index contributed by atoms with van der Waals surface area (Å²) in [7, 11) is 0. The van der Waals surface area contributed by atoms with Crippen LogP contribution in [0.15, 0.2) is 36.5 Å². The zero-order chi connectivity index (χ0) is 18.5. The number of carbonyl (C=O) groups is 1. The van der Waals surface area contributed by atoms with Crippen LogP contribution in [0.25, 0.3) is 0 Å². The number of nitrogens with one attached hydrogen (secondary N) is 1. The molecule has 1 unspecified atom stereocenters. The quantitative estimate of drug-likeness (QED) is 0.909. The summed E-state index contributed by atoms with van der Waals surface area (Å²) in [5, 5.41) is 3.33. The molecule has 26 heavy (non-hydrogen) atoms. The van der Waals surface area contributed by atoms with Crippen LogP contribution in [0.3, 0.4) is 0 Å². The number of aryl methyl sites for hydroxylation is 1. The summed E-state index contributed by atoms with van der Waals surface area (Å²) in [4.78, 5) is 19.1. The maximum atomic E-state index is 14.3. The molecule has 1 amide bonds. The van der Waals surface area contributed by atoms with Crippen molar-refractivity contribution in [3.05, 3.63) is 65.0 Å². The van der Waals surface area contributed by atoms with Gasteiger partial charge in [-0.3, -0.25) is 9.78 Å². The third kappa shape index (κ3) is 4.25. The molecular weight excluding hydrogens is 336 g/mol. The van der Waals surface area contributed by atoms with E-state index in [2.05, 4.69) is 10.3 Å². The second-order valence-corrected chi connectivity index (χ2v) is 6.67. The molecule has 4 nitrogen and oxygen atoms in total. The lowest BCUT2D eigenvalue weighted by Gasteiger charge is -2.31. The summed E-state index contributed by atoms with van der Waals surface area (Å²) in [6.45, 7) is 3.55. The van der Waals surface area contributed by atoms with Gasteiger partial charge in [-0.2, -0.15) is 0 Å². The Morgan fingerprint density at radius 1 is 1.23 bits per heavy atom. The number of hydrogen-bond donors (Lipinski definition) is 1. The maximum absolute atomic E-state index is 14.3. The van der Waals surface area contributed by atoms with E-state index in [-0.39, 0.29) is 17.2 Å². The Balaban J connectivity index is 1.93. The molecule has 1 aromatic heterocycles. The number of pyridine rings is 1. The van der Waals surface area contributed by atoms with Gasteiger partial charge in [-0.05, 0) is 63.0 Å². The number of hydrogen-bond acceptors (Lipinski definition) is 3. The first-order valence-corrected chi connectivity index (χ1v) is 8.93. The minimum absolute atomic E-state index is 0.00994. The van der Waals surface area contributed by atoms with Crippen molar-refractivity contribution in [2.75, 3.05) is 13.1 Å². The number of carbonyl (C=O) groups excluding carboxylic acids is 1. The summed E-state index contributed by atoms with van der Waals surface area (Å²) < 4.78 is 27.9. The first kappa shape index (κ1) is 18.5. The molecule has 1 aromatic carbocycles. The standard InChI is InChI=1S/C20H23F2N3O/c1-14-11-17(19(22)12-18(14)21)20(26)25(13-15-5-2-3-9-24-15)16-6-4-8-23-10-7-16/h2-3,5,9,11-12,16,23H,4,6-8,10,13H2,1H3. The molecule has 0 bridgehead atoms. The van der Waals surface area contributed by atoms with Crippen LogP contribution in [0.5, 0.6) is 0 Å². The molecule has 0 saturated carbocycles. The van der Waals surface area contributed by atoms with Crippen LogP contribution < -0.4 is 5.32 Å². The molecule has 1 saturated heterocycles. The van der Waals surface area contributed by atoms with Crippen molar-refractivity contribution in [2.24, 2.45) is 0 Å². The van der Waals surface area contributed by atoms with Crippen molar-refractivity contribution in [1.29, 1.82) is 0 Å². The highest BCUT2D eigenvalue weighted by atomic mass is 19.1. The van der Waals surface area contributed by atoms with E-state index in [1.54, 1.807) is 11.1 Å². The summed E-state index contributed by atoms with van der Waals surface area (Å²) in [5.74, 6) is -1.88. The van der Waals surface area contributed by atoms with Gasteiger partial charge in [0.2, 0.25) is 0 Å². The minimum atomic E-state index is -0.823. The van der Waals surface area contributed by atoms with Gasteiger partial charge in [0.1, 0.15) is 11.6 Å². The molecule has 3 rings (SSSR count). The number of nitrogens with zero attached hydrogens (tertiary/aromatic N) is 2. The summed E-state index contributed by atoms with van der Waals surface area (Å²) in [6, 6.07) is 7.60. The van der Waals surface area contributed by atoms with Crippen LogP contribution in [-0.2, 0) is 6.54 Å². The minimum Gasteiger partial charge on any atom is -0.330 e. The molecule has 2 heterocycles. The predicted molar refractivity (Wildman–Crippen MR) is 95.7 cm³/mol. The van der Waals surface area contributed by atoms with Crippen LogP contribution in [0.4, 0.5) is 8.78 Å². The van der Waals surface area contributed by atoms with E-state index in [9.17, 15) is 13.6 Å². The first-order valence-electron chi connectivity index (χ1n) is 8.93. The lowest BCUT2D eigenvalue weighted by molar-refractivity contribution is 0.0637. The Hall–Kier alpha value is -2.34. The Kier molecular flexibility index (Phi) is 5.93. The molecule has 1 atom stereocenters. The van der Waals surface area contributed by atoms with E-state index in [1.165, 1.54) is 13.0 Å². The molecule has 1 aliphatic rings. The van der Waals surface area contributed by atoms with Crippen LogP contribution >= 0.6 is 0 Å². The Morgan fingerprint density at radius 2 is 2.08 bits per heavy atom. The summed E-state index contributed by atoms with van der Waals surface area (Å²) in [5.41, 5.74) is 0.921. The molecule has 0 aliphatic carbocycles. The zero-order valence-electron chi connectivity index (χ0n) is 14.8. The van der Waals surface area contributed by atoms with E-state index in [4.69, 9.17) is 0 Å². The molecule has 138 valence electrons. The monoisotopic (exact) mass is 359 g/mol. The highest BCUT2D eigenvalue weighted by molar-refractivity contribution is 5.95. The number of benzene rings is 1. The summed E-state index contributed by atoms with van der Waals surface area (Å²) in [6.07, 6.45) is 4.25. The van der Waals surface area contributed by atoms with Crippen molar-refractivity contribution >= 4 is 5.91 Å². The largest absolute Gasteiger partial charge is 0.330 e.